The number of nitrogens with zero attached hydrogens (tertiary/aromatic N) is 2. The second-order valence-corrected chi connectivity index (χ2v) is 4.19. The van der Waals surface area contributed by atoms with Gasteiger partial charge in [-0.1, -0.05) is 0 Å². The molecule has 1 amide bonds. The maximum Gasteiger partial charge on any atom is 0.416 e. The molecule has 0 aliphatic rings. The van der Waals surface area contributed by atoms with Gasteiger partial charge in [0.1, 0.15) is 11.6 Å². The molecule has 0 aromatic carbocycles. The van der Waals surface area contributed by atoms with Gasteiger partial charge in [0.15, 0.2) is 0 Å². The number of aromatic nitrogens is 1. The molecule has 118 valence electrons. The summed E-state index contributed by atoms with van der Waals surface area (Å²) in [6, 6.07) is 1.62. The largest absolute Gasteiger partial charge is 0.416 e. The Morgan fingerprint density at radius 2 is 1.86 bits per heavy atom. The molecule has 9 heteroatoms. The van der Waals surface area contributed by atoms with E-state index in [9.17, 15) is 18.0 Å². The lowest BCUT2D eigenvalue weighted by Gasteiger charge is -2.19. The summed E-state index contributed by atoms with van der Waals surface area (Å²) in [5.74, 6) is 4.67. The summed E-state index contributed by atoms with van der Waals surface area (Å²) in [5.41, 5.74) is 1.17. The van der Waals surface area contributed by atoms with Crippen molar-refractivity contribution in [3.8, 4) is 0 Å². The molecule has 4 N–H and O–H groups in total. The summed E-state index contributed by atoms with van der Waals surface area (Å²) >= 11 is 0. The lowest BCUT2D eigenvalue weighted by Crippen LogP contribution is -2.35. The standard InChI is InChI=1S/C12H18F3N5O/c1-3-20(4-2)11(21)7-17-9-5-8(12(13,14)15)6-10(18-9)19-16/h5-6H,3-4,7,16H2,1-2H3,(H2,17,18,19). The van der Waals surface area contributed by atoms with Crippen LogP contribution in [0, 0.1) is 0 Å². The van der Waals surface area contributed by atoms with Crippen LogP contribution in [0.4, 0.5) is 24.8 Å². The van der Waals surface area contributed by atoms with E-state index in [0.717, 1.165) is 12.1 Å². The zero-order valence-electron chi connectivity index (χ0n) is 11.8. The number of pyridine rings is 1. The zero-order chi connectivity index (χ0) is 16.0. The SMILES string of the molecule is CCN(CC)C(=O)CNc1cc(C(F)(F)F)cc(NN)n1. The number of halogens is 3. The fourth-order valence-corrected chi connectivity index (χ4v) is 1.71. The minimum atomic E-state index is -4.52. The predicted octanol–water partition coefficient (Wildman–Crippen LogP) is 1.67. The molecular formula is C12H18F3N5O. The van der Waals surface area contributed by atoms with Crippen LogP contribution in [-0.4, -0.2) is 35.4 Å². The summed E-state index contributed by atoms with van der Waals surface area (Å²) in [7, 11) is 0. The van der Waals surface area contributed by atoms with E-state index in [1.807, 2.05) is 13.8 Å². The first kappa shape index (κ1) is 17.0. The second kappa shape index (κ2) is 7.11. The topological polar surface area (TPSA) is 83.3 Å². The Morgan fingerprint density at radius 1 is 1.29 bits per heavy atom. The number of amides is 1. The van der Waals surface area contributed by atoms with Crippen molar-refractivity contribution in [2.45, 2.75) is 20.0 Å². The van der Waals surface area contributed by atoms with Crippen LogP contribution in [0.2, 0.25) is 0 Å². The van der Waals surface area contributed by atoms with E-state index in [2.05, 4.69) is 15.7 Å². The zero-order valence-corrected chi connectivity index (χ0v) is 11.8. The van der Waals surface area contributed by atoms with Crippen LogP contribution in [0.15, 0.2) is 12.1 Å². The summed E-state index contributed by atoms with van der Waals surface area (Å²) in [6.07, 6.45) is -4.52. The van der Waals surface area contributed by atoms with Crippen molar-refractivity contribution in [1.82, 2.24) is 9.88 Å². The van der Waals surface area contributed by atoms with Crippen LogP contribution in [0.1, 0.15) is 19.4 Å². The Hall–Kier alpha value is -2.03. The predicted molar refractivity (Wildman–Crippen MR) is 73.5 cm³/mol. The van der Waals surface area contributed by atoms with Crippen molar-refractivity contribution >= 4 is 17.5 Å². The minimum Gasteiger partial charge on any atom is -0.361 e. The molecule has 0 atom stereocenters. The number of hydrogen-bond acceptors (Lipinski definition) is 5. The van der Waals surface area contributed by atoms with Gasteiger partial charge in [-0.15, -0.1) is 0 Å². The van der Waals surface area contributed by atoms with Crippen molar-refractivity contribution in [3.05, 3.63) is 17.7 Å². The first-order chi connectivity index (χ1) is 9.81. The number of likely N-dealkylation sites (N-methyl/N-ethyl adjacent to an activating group) is 1. The monoisotopic (exact) mass is 305 g/mol. The van der Waals surface area contributed by atoms with E-state index in [-0.39, 0.29) is 24.1 Å². The number of carbonyl (C=O) groups excluding carboxylic acids is 1. The number of carbonyl (C=O) groups is 1. The number of anilines is 2. The fourth-order valence-electron chi connectivity index (χ4n) is 1.71. The molecule has 0 aliphatic heterocycles. The van der Waals surface area contributed by atoms with Crippen LogP contribution >= 0.6 is 0 Å². The van der Waals surface area contributed by atoms with E-state index >= 15 is 0 Å². The Morgan fingerprint density at radius 3 is 2.33 bits per heavy atom. The van der Waals surface area contributed by atoms with Crippen molar-refractivity contribution in [3.63, 3.8) is 0 Å². The van der Waals surface area contributed by atoms with Crippen LogP contribution in [-0.2, 0) is 11.0 Å². The Balaban J connectivity index is 2.86. The summed E-state index contributed by atoms with van der Waals surface area (Å²) in [5, 5.41) is 2.58. The third-order valence-electron chi connectivity index (χ3n) is 2.84. The number of rotatable bonds is 6. The molecule has 1 rings (SSSR count). The highest BCUT2D eigenvalue weighted by Crippen LogP contribution is 2.31. The molecule has 0 saturated heterocycles. The van der Waals surface area contributed by atoms with Gasteiger partial charge in [-0.2, -0.15) is 13.2 Å². The minimum absolute atomic E-state index is 0.0710. The van der Waals surface area contributed by atoms with Crippen LogP contribution in [0.25, 0.3) is 0 Å². The first-order valence-corrected chi connectivity index (χ1v) is 6.39. The van der Waals surface area contributed by atoms with E-state index < -0.39 is 11.7 Å². The van der Waals surface area contributed by atoms with E-state index in [1.165, 1.54) is 0 Å². The van der Waals surface area contributed by atoms with E-state index in [4.69, 9.17) is 5.84 Å². The quantitative estimate of drug-likeness (QED) is 0.550. The molecule has 1 heterocycles. The van der Waals surface area contributed by atoms with E-state index in [0.29, 0.717) is 13.1 Å². The number of nitrogens with two attached hydrogens (primary N) is 1. The molecule has 0 fully saturated rings. The lowest BCUT2D eigenvalue weighted by atomic mass is 10.2. The van der Waals surface area contributed by atoms with Gasteiger partial charge in [0.25, 0.3) is 0 Å². The summed E-state index contributed by atoms with van der Waals surface area (Å²) in [6.45, 7) is 4.56. The second-order valence-electron chi connectivity index (χ2n) is 4.19. The van der Waals surface area contributed by atoms with Gasteiger partial charge in [0.05, 0.1) is 12.1 Å². The van der Waals surface area contributed by atoms with Gasteiger partial charge in [-0.05, 0) is 26.0 Å². The fraction of sp³-hybridized carbons (Fsp3) is 0.500. The van der Waals surface area contributed by atoms with Crippen LogP contribution < -0.4 is 16.6 Å². The van der Waals surface area contributed by atoms with Crippen molar-refractivity contribution < 1.29 is 18.0 Å². The Kier molecular flexibility index (Phi) is 5.77. The van der Waals surface area contributed by atoms with Gasteiger partial charge in [-0.25, -0.2) is 10.8 Å². The molecule has 0 bridgehead atoms. The maximum absolute atomic E-state index is 12.7. The van der Waals surface area contributed by atoms with Gasteiger partial charge >= 0.3 is 6.18 Å². The molecule has 0 radical (unpaired) electrons. The average Bonchev–Trinajstić information content (AvgIpc) is 2.45. The molecule has 0 saturated carbocycles. The number of hydrogen-bond donors (Lipinski definition) is 3. The molecule has 0 spiro atoms. The molecule has 1 aromatic rings. The van der Waals surface area contributed by atoms with Crippen molar-refractivity contribution in [2.75, 3.05) is 30.4 Å². The normalized spacial score (nSPS) is 11.1. The molecule has 21 heavy (non-hydrogen) atoms. The average molecular weight is 305 g/mol. The number of alkyl halides is 3. The number of nitrogen functional groups attached to an aromatic ring is 1. The maximum atomic E-state index is 12.7. The third-order valence-corrected chi connectivity index (χ3v) is 2.84. The van der Waals surface area contributed by atoms with Gasteiger partial charge in [0.2, 0.25) is 5.91 Å². The van der Waals surface area contributed by atoms with Gasteiger partial charge < -0.3 is 15.6 Å². The van der Waals surface area contributed by atoms with Crippen LogP contribution in [0.5, 0.6) is 0 Å². The Labute approximate surface area is 120 Å². The molecule has 1 aromatic heterocycles. The van der Waals surface area contributed by atoms with E-state index in [1.54, 1.807) is 4.90 Å². The van der Waals surface area contributed by atoms with Crippen molar-refractivity contribution in [2.24, 2.45) is 5.84 Å². The highest BCUT2D eigenvalue weighted by molar-refractivity contribution is 5.80. The highest BCUT2D eigenvalue weighted by atomic mass is 19.4. The molecule has 0 aliphatic carbocycles. The van der Waals surface area contributed by atoms with Crippen molar-refractivity contribution in [1.29, 1.82) is 0 Å². The van der Waals surface area contributed by atoms with Gasteiger partial charge in [-0.3, -0.25) is 4.79 Å². The Bertz CT molecular complexity index is 488. The first-order valence-electron chi connectivity index (χ1n) is 6.39. The molecular weight excluding hydrogens is 287 g/mol. The van der Waals surface area contributed by atoms with Gasteiger partial charge in [0, 0.05) is 13.1 Å². The summed E-state index contributed by atoms with van der Waals surface area (Å²) in [4.78, 5) is 17.2. The van der Waals surface area contributed by atoms with Crippen LogP contribution in [0.3, 0.4) is 0 Å². The third kappa shape index (κ3) is 4.78. The molecule has 0 unspecified atom stereocenters. The number of nitrogens with one attached hydrogen (secondary N) is 2. The molecule has 6 nitrogen and oxygen atoms in total. The smallest absolute Gasteiger partial charge is 0.361 e. The number of hydrazine groups is 1. The lowest BCUT2D eigenvalue weighted by molar-refractivity contribution is -0.137. The highest BCUT2D eigenvalue weighted by Gasteiger charge is 2.31. The summed E-state index contributed by atoms with van der Waals surface area (Å²) < 4.78 is 38.2.